The van der Waals surface area contributed by atoms with E-state index in [0.717, 1.165) is 21.7 Å². The maximum atomic E-state index is 14.4. The summed E-state index contributed by atoms with van der Waals surface area (Å²) in [5.41, 5.74) is 1.63. The maximum Gasteiger partial charge on any atom is 0.307 e. The first-order valence-corrected chi connectivity index (χ1v) is 9.85. The molecule has 6 nitrogen and oxygen atoms in total. The minimum Gasteiger partial charge on any atom is -0.481 e. The molecule has 0 aliphatic carbocycles. The molecule has 1 heterocycles. The molecule has 2 aromatic carbocycles. The van der Waals surface area contributed by atoms with Crippen LogP contribution in [-0.4, -0.2) is 30.5 Å². The fourth-order valence-electron chi connectivity index (χ4n) is 2.85. The van der Waals surface area contributed by atoms with Gasteiger partial charge in [0, 0.05) is 12.7 Å². The number of hydrogen-bond donors (Lipinski definition) is 2. The predicted molar refractivity (Wildman–Crippen MR) is 110 cm³/mol. The first kappa shape index (κ1) is 21.0. The van der Waals surface area contributed by atoms with Crippen molar-refractivity contribution in [1.29, 1.82) is 0 Å². The Balaban J connectivity index is 0.00000320. The van der Waals surface area contributed by atoms with Gasteiger partial charge in [-0.05, 0) is 48.0 Å². The molecule has 3 aromatic rings. The second-order valence-corrected chi connectivity index (χ2v) is 7.95. The first-order valence-electron chi connectivity index (χ1n) is 8.91. The minimum atomic E-state index is -4.35. The highest BCUT2D eigenvalue weighted by atomic mass is 35.5. The summed E-state index contributed by atoms with van der Waals surface area (Å²) in [6.07, 6.45) is 0.847. The molecule has 0 radical (unpaired) electrons. The number of carboxylic acid groups (broad SMARTS) is 1. The summed E-state index contributed by atoms with van der Waals surface area (Å²) in [7, 11) is -2.57. The van der Waals surface area contributed by atoms with Crippen molar-refractivity contribution in [3.05, 3.63) is 77.7 Å². The third-order valence-corrected chi connectivity index (χ3v) is 5.84. The number of carboxylic acids is 1. The number of halogens is 2. The summed E-state index contributed by atoms with van der Waals surface area (Å²) in [4.78, 5) is 10.3. The number of aliphatic carboxylic acids is 1. The van der Waals surface area contributed by atoms with Crippen LogP contribution in [0.1, 0.15) is 12.5 Å². The van der Waals surface area contributed by atoms with Gasteiger partial charge in [0.2, 0.25) is 0 Å². The second-order valence-electron chi connectivity index (χ2n) is 6.17. The van der Waals surface area contributed by atoms with Gasteiger partial charge in [-0.1, -0.05) is 30.3 Å². The molecule has 154 valence electrons. The van der Waals surface area contributed by atoms with Crippen LogP contribution in [0, 0.1) is 5.82 Å². The van der Waals surface area contributed by atoms with Crippen LogP contribution in [-0.2, 0) is 27.8 Å². The predicted octanol–water partition coefficient (Wildman–Crippen LogP) is 3.30. The zero-order valence-electron chi connectivity index (χ0n) is 16.4. The lowest BCUT2D eigenvalue weighted by Crippen LogP contribution is -2.15. The van der Waals surface area contributed by atoms with Gasteiger partial charge in [-0.15, -0.1) is 12.4 Å². The van der Waals surface area contributed by atoms with E-state index in [1.54, 1.807) is 25.2 Å². The molecule has 3 rings (SSSR count). The normalized spacial score (nSPS) is 11.6. The number of hydrogen-bond acceptors (Lipinski definition) is 4. The number of rotatable bonds is 7. The number of aromatic nitrogens is 1. The second kappa shape index (κ2) is 9.21. The van der Waals surface area contributed by atoms with E-state index in [2.05, 4.69) is 5.32 Å². The molecule has 0 unspecified atom stereocenters. The van der Waals surface area contributed by atoms with E-state index < -0.39 is 33.1 Å². The fraction of sp³-hybridized carbons (Fsp3) is 0.150. The Morgan fingerprint density at radius 1 is 1.21 bits per heavy atom. The zero-order chi connectivity index (χ0) is 21.2. The van der Waals surface area contributed by atoms with E-state index in [1.807, 2.05) is 0 Å². The molecule has 2 N–H and O–H groups in total. The largest absolute Gasteiger partial charge is 0.481 e. The highest BCUT2D eigenvalue weighted by Crippen LogP contribution is 2.27. The number of nitrogens with zero attached hydrogens (tertiary/aromatic N) is 1. The molecule has 0 bridgehead atoms. The van der Waals surface area contributed by atoms with Crippen molar-refractivity contribution < 1.29 is 24.1 Å². The number of benzene rings is 2. The molecule has 0 saturated carbocycles. The zero-order valence-corrected chi connectivity index (χ0v) is 17.1. The van der Waals surface area contributed by atoms with E-state index in [4.69, 9.17) is 6.48 Å². The van der Waals surface area contributed by atoms with Crippen molar-refractivity contribution in [3.63, 3.8) is 0 Å². The lowest BCUT2D eigenvalue weighted by atomic mass is 10.1. The monoisotopic (exact) mass is 439 g/mol. The van der Waals surface area contributed by atoms with Crippen LogP contribution in [0.3, 0.4) is 0 Å². The third kappa shape index (κ3) is 4.84. The molecule has 0 amide bonds. The van der Waals surface area contributed by atoms with Gasteiger partial charge in [0.25, 0.3) is 10.0 Å². The van der Waals surface area contributed by atoms with Crippen LogP contribution in [0.15, 0.2) is 65.7 Å². The van der Waals surface area contributed by atoms with Gasteiger partial charge >= 0.3 is 5.97 Å². The van der Waals surface area contributed by atoms with E-state index in [9.17, 15) is 17.6 Å². The SMILES string of the molecule is Cl.[2H]c1cc(CNC)ccc1-c1cccn1S(=O)(=O)c1cc(CC(=O)O)ccc1F. The van der Waals surface area contributed by atoms with E-state index in [1.165, 1.54) is 24.4 Å². The van der Waals surface area contributed by atoms with Crippen molar-refractivity contribution in [1.82, 2.24) is 9.29 Å². The van der Waals surface area contributed by atoms with Crippen LogP contribution in [0.4, 0.5) is 4.39 Å². The number of carbonyl (C=O) groups is 1. The highest BCUT2D eigenvalue weighted by Gasteiger charge is 2.24. The van der Waals surface area contributed by atoms with Gasteiger partial charge in [0.1, 0.15) is 10.7 Å². The van der Waals surface area contributed by atoms with Crippen molar-refractivity contribution in [2.45, 2.75) is 17.9 Å². The van der Waals surface area contributed by atoms with E-state index in [0.29, 0.717) is 12.1 Å². The lowest BCUT2D eigenvalue weighted by molar-refractivity contribution is -0.136. The minimum absolute atomic E-state index is 0. The summed E-state index contributed by atoms with van der Waals surface area (Å²) >= 11 is 0. The van der Waals surface area contributed by atoms with Crippen LogP contribution in [0.5, 0.6) is 0 Å². The molecular formula is C20H20ClFN2O4S. The molecular weight excluding hydrogens is 419 g/mol. The maximum absolute atomic E-state index is 14.4. The molecule has 0 fully saturated rings. The van der Waals surface area contributed by atoms with Gasteiger partial charge in [0.05, 0.1) is 13.5 Å². The molecule has 0 aliphatic rings. The fourth-order valence-corrected chi connectivity index (χ4v) is 4.33. The molecule has 1 aromatic heterocycles. The Hall–Kier alpha value is -2.68. The van der Waals surface area contributed by atoms with Crippen molar-refractivity contribution >= 4 is 28.4 Å². The summed E-state index contributed by atoms with van der Waals surface area (Å²) < 4.78 is 49.8. The van der Waals surface area contributed by atoms with Gasteiger partial charge in [0.15, 0.2) is 0 Å². The highest BCUT2D eigenvalue weighted by molar-refractivity contribution is 7.90. The van der Waals surface area contributed by atoms with Gasteiger partial charge < -0.3 is 10.4 Å². The van der Waals surface area contributed by atoms with E-state index in [-0.39, 0.29) is 29.7 Å². The number of nitrogens with one attached hydrogen (secondary N) is 1. The molecule has 0 spiro atoms. The lowest BCUT2D eigenvalue weighted by Gasteiger charge is -2.13. The molecule has 9 heteroatoms. The van der Waals surface area contributed by atoms with E-state index >= 15 is 0 Å². The van der Waals surface area contributed by atoms with Crippen LogP contribution in [0.2, 0.25) is 0 Å². The van der Waals surface area contributed by atoms with Gasteiger partial charge in [-0.25, -0.2) is 16.8 Å². The van der Waals surface area contributed by atoms with Crippen LogP contribution < -0.4 is 5.32 Å². The Bertz CT molecular complexity index is 1180. The van der Waals surface area contributed by atoms with Crippen molar-refractivity contribution in [2.75, 3.05) is 7.05 Å². The van der Waals surface area contributed by atoms with Gasteiger partial charge in [-0.2, -0.15) is 0 Å². The summed E-state index contributed by atoms with van der Waals surface area (Å²) in [6.45, 7) is 0.563. The molecule has 0 aliphatic heterocycles. The third-order valence-electron chi connectivity index (χ3n) is 4.13. The summed E-state index contributed by atoms with van der Waals surface area (Å²) in [6, 6.07) is 11.4. The van der Waals surface area contributed by atoms with Crippen LogP contribution >= 0.6 is 12.4 Å². The molecule has 0 saturated heterocycles. The van der Waals surface area contributed by atoms with Gasteiger partial charge in [-0.3, -0.25) is 4.79 Å². The van der Waals surface area contributed by atoms with Crippen molar-refractivity contribution in [2.24, 2.45) is 0 Å². The summed E-state index contributed by atoms with van der Waals surface area (Å²) in [5, 5.41) is 11.9. The molecule has 29 heavy (non-hydrogen) atoms. The quantitative estimate of drug-likeness (QED) is 0.589. The summed E-state index contributed by atoms with van der Waals surface area (Å²) in [5.74, 6) is -2.13. The Morgan fingerprint density at radius 2 is 1.93 bits per heavy atom. The Labute approximate surface area is 175 Å². The average molecular weight is 440 g/mol. The standard InChI is InChI=1S/C20H19FN2O4S.ClH/c1-22-13-14-4-7-16(8-5-14)18-3-2-10-23(18)28(26,27)19-11-15(12-20(24)25)6-9-17(19)21;/h2-11,22H,12-13H2,1H3,(H,24,25);1H/i7D;. The average Bonchev–Trinajstić information content (AvgIpc) is 3.13. The topological polar surface area (TPSA) is 88.4 Å². The Kier molecular flexibility index (Phi) is 6.68. The van der Waals surface area contributed by atoms with Crippen LogP contribution in [0.25, 0.3) is 11.3 Å². The Morgan fingerprint density at radius 3 is 2.59 bits per heavy atom. The first-order chi connectivity index (χ1) is 13.7. The van der Waals surface area contributed by atoms with Crippen molar-refractivity contribution in [3.8, 4) is 11.3 Å². The molecule has 0 atom stereocenters. The smallest absolute Gasteiger partial charge is 0.307 e.